The van der Waals surface area contributed by atoms with Crippen LogP contribution in [0.1, 0.15) is 64.3 Å². The van der Waals surface area contributed by atoms with Crippen LogP contribution in [0.15, 0.2) is 84.9 Å². The number of nitrogens with one attached hydrogen (secondary N) is 2. The van der Waals surface area contributed by atoms with E-state index in [9.17, 15) is 29.5 Å². The van der Waals surface area contributed by atoms with Gasteiger partial charge in [-0.25, -0.2) is 9.59 Å². The van der Waals surface area contributed by atoms with E-state index in [-0.39, 0.29) is 24.2 Å². The summed E-state index contributed by atoms with van der Waals surface area (Å²) in [6, 6.07) is 21.7. The van der Waals surface area contributed by atoms with E-state index in [1.54, 1.807) is 90.1 Å². The molecule has 3 N–H and O–H groups in total. The third-order valence-corrected chi connectivity index (χ3v) is 6.83. The highest BCUT2D eigenvalue weighted by molar-refractivity contribution is 5.94. The molecule has 0 spiro atoms. The van der Waals surface area contributed by atoms with Crippen molar-refractivity contribution in [3.63, 3.8) is 0 Å². The molecule has 0 heterocycles. The number of nitrogens with zero attached hydrogens (tertiary/aromatic N) is 2. The number of hydrogen-bond donors (Lipinski definition) is 3. The van der Waals surface area contributed by atoms with Crippen LogP contribution in [0.25, 0.3) is 0 Å². The SMILES string of the molecule is CC(C)(C)OC(=O)NC(Cc1ccccc1)C(=O)N(CC#N)C(C(=O)NC(Cc1ccccc1)C(=O)OC(C)(C)C)c1cccc(O)c1. The van der Waals surface area contributed by atoms with Crippen molar-refractivity contribution in [3.8, 4) is 11.8 Å². The number of alkyl carbamates (subject to hydrolysis) is 1. The maximum atomic E-state index is 14.4. The number of esters is 1. The molecule has 3 atom stereocenters. The van der Waals surface area contributed by atoms with Gasteiger partial charge in [-0.15, -0.1) is 0 Å². The minimum absolute atomic E-state index is 0.0176. The number of rotatable bonds is 12. The molecule has 3 aromatic carbocycles. The third kappa shape index (κ3) is 11.8. The molecule has 3 aromatic rings. The Hall–Kier alpha value is -5.37. The molecule has 11 heteroatoms. The van der Waals surface area contributed by atoms with Crippen LogP contribution in [0.2, 0.25) is 0 Å². The van der Waals surface area contributed by atoms with E-state index in [1.807, 2.05) is 18.2 Å². The first-order chi connectivity index (χ1) is 22.6. The highest BCUT2D eigenvalue weighted by atomic mass is 16.6. The Labute approximate surface area is 281 Å². The van der Waals surface area contributed by atoms with Crippen molar-refractivity contribution in [3.05, 3.63) is 102 Å². The minimum atomic E-state index is -1.50. The van der Waals surface area contributed by atoms with Crippen molar-refractivity contribution in [2.24, 2.45) is 0 Å². The molecule has 0 aliphatic carbocycles. The number of hydrogen-bond acceptors (Lipinski definition) is 8. The standard InChI is InChI=1S/C37H44N4O7/c1-36(2,3)47-34(45)30(23-26-16-11-8-12-17-26)39-32(43)31(27-18-13-19-28(42)24-27)41(21-20-38)33(44)29(22-25-14-9-7-10-15-25)40-35(46)48-37(4,5)6/h7-19,24,29-31,42H,21-23H2,1-6H3,(H,39,43)(H,40,46). The molecule has 0 bridgehead atoms. The minimum Gasteiger partial charge on any atom is -0.508 e. The molecule has 0 saturated carbocycles. The van der Waals surface area contributed by atoms with Gasteiger partial charge in [-0.2, -0.15) is 5.26 Å². The molecular formula is C37H44N4O7. The van der Waals surface area contributed by atoms with E-state index in [1.165, 1.54) is 24.3 Å². The zero-order valence-corrected chi connectivity index (χ0v) is 28.2. The van der Waals surface area contributed by atoms with Crippen molar-refractivity contribution < 1.29 is 33.8 Å². The van der Waals surface area contributed by atoms with Gasteiger partial charge >= 0.3 is 12.1 Å². The molecule has 48 heavy (non-hydrogen) atoms. The Morgan fingerprint density at radius 2 is 1.31 bits per heavy atom. The Bertz CT molecular complexity index is 1590. The van der Waals surface area contributed by atoms with E-state index in [0.29, 0.717) is 5.56 Å². The number of ether oxygens (including phenoxy) is 2. The van der Waals surface area contributed by atoms with Gasteiger partial charge in [-0.1, -0.05) is 72.8 Å². The topological polar surface area (TPSA) is 158 Å². The smallest absolute Gasteiger partial charge is 0.408 e. The molecular weight excluding hydrogens is 612 g/mol. The summed E-state index contributed by atoms with van der Waals surface area (Å²) in [5.74, 6) is -2.44. The van der Waals surface area contributed by atoms with Crippen molar-refractivity contribution in [1.29, 1.82) is 5.26 Å². The van der Waals surface area contributed by atoms with Crippen LogP contribution < -0.4 is 10.6 Å². The molecule has 0 aromatic heterocycles. The highest BCUT2D eigenvalue weighted by Crippen LogP contribution is 2.26. The molecule has 0 fully saturated rings. The van der Waals surface area contributed by atoms with Gasteiger partial charge < -0.3 is 30.1 Å². The Balaban J connectivity index is 2.08. The van der Waals surface area contributed by atoms with Crippen LogP contribution in [-0.2, 0) is 36.7 Å². The van der Waals surface area contributed by atoms with Crippen LogP contribution in [0.4, 0.5) is 4.79 Å². The fourth-order valence-corrected chi connectivity index (χ4v) is 4.91. The number of aromatic hydroxyl groups is 1. The van der Waals surface area contributed by atoms with Crippen LogP contribution in [-0.4, -0.2) is 63.7 Å². The first kappa shape index (κ1) is 37.1. The largest absolute Gasteiger partial charge is 0.508 e. The maximum Gasteiger partial charge on any atom is 0.408 e. The average molecular weight is 657 g/mol. The summed E-state index contributed by atoms with van der Waals surface area (Å²) in [7, 11) is 0. The summed E-state index contributed by atoms with van der Waals surface area (Å²) in [5, 5.41) is 25.6. The average Bonchev–Trinajstić information content (AvgIpc) is 2.99. The first-order valence-corrected chi connectivity index (χ1v) is 15.6. The molecule has 0 aliphatic rings. The van der Waals surface area contributed by atoms with Gasteiger partial charge in [-0.05, 0) is 70.4 Å². The summed E-state index contributed by atoms with van der Waals surface area (Å²) >= 11 is 0. The molecule has 0 saturated heterocycles. The van der Waals surface area contributed by atoms with Crippen molar-refractivity contribution >= 4 is 23.9 Å². The zero-order chi connectivity index (χ0) is 35.5. The van der Waals surface area contributed by atoms with Crippen molar-refractivity contribution in [2.75, 3.05) is 6.54 Å². The van der Waals surface area contributed by atoms with Crippen LogP contribution in [0, 0.1) is 11.3 Å². The number of phenols is 1. The van der Waals surface area contributed by atoms with Gasteiger partial charge in [-0.3, -0.25) is 9.59 Å². The van der Waals surface area contributed by atoms with Gasteiger partial charge in [0.05, 0.1) is 6.07 Å². The second kappa shape index (κ2) is 16.5. The van der Waals surface area contributed by atoms with E-state index >= 15 is 0 Å². The summed E-state index contributed by atoms with van der Waals surface area (Å²) < 4.78 is 11.1. The van der Waals surface area contributed by atoms with E-state index in [2.05, 4.69) is 10.6 Å². The van der Waals surface area contributed by atoms with E-state index in [4.69, 9.17) is 9.47 Å². The number of phenolic OH excluding ortho intramolecular Hbond substituents is 1. The lowest BCUT2D eigenvalue weighted by Crippen LogP contribution is -2.55. The number of carbonyl (C=O) groups excluding carboxylic acids is 4. The van der Waals surface area contributed by atoms with Gasteiger partial charge in [0.25, 0.3) is 0 Å². The fourth-order valence-electron chi connectivity index (χ4n) is 4.91. The Morgan fingerprint density at radius 1 is 0.771 bits per heavy atom. The second-order valence-corrected chi connectivity index (χ2v) is 13.3. The zero-order valence-electron chi connectivity index (χ0n) is 28.2. The molecule has 3 unspecified atom stereocenters. The molecule has 11 nitrogen and oxygen atoms in total. The Kier molecular flexibility index (Phi) is 12.7. The normalized spacial score (nSPS) is 13.2. The second-order valence-electron chi connectivity index (χ2n) is 13.3. The van der Waals surface area contributed by atoms with Crippen LogP contribution in [0.5, 0.6) is 5.75 Å². The van der Waals surface area contributed by atoms with Crippen molar-refractivity contribution in [1.82, 2.24) is 15.5 Å². The van der Waals surface area contributed by atoms with E-state index in [0.717, 1.165) is 10.5 Å². The first-order valence-electron chi connectivity index (χ1n) is 15.6. The monoisotopic (exact) mass is 656 g/mol. The Morgan fingerprint density at radius 3 is 1.81 bits per heavy atom. The van der Waals surface area contributed by atoms with E-state index < -0.39 is 59.7 Å². The van der Waals surface area contributed by atoms with Gasteiger partial charge in [0.2, 0.25) is 11.8 Å². The summed E-state index contributed by atoms with van der Waals surface area (Å²) in [6.45, 7) is 9.60. The lowest BCUT2D eigenvalue weighted by Gasteiger charge is -2.34. The molecule has 0 aliphatic heterocycles. The lowest BCUT2D eigenvalue weighted by atomic mass is 9.99. The van der Waals surface area contributed by atoms with Gasteiger partial charge in [0.1, 0.15) is 41.6 Å². The van der Waals surface area contributed by atoms with Crippen LogP contribution >= 0.6 is 0 Å². The molecule has 0 radical (unpaired) electrons. The number of benzene rings is 3. The van der Waals surface area contributed by atoms with Gasteiger partial charge in [0, 0.05) is 12.8 Å². The summed E-state index contributed by atoms with van der Waals surface area (Å²) in [4.78, 5) is 56.1. The summed E-state index contributed by atoms with van der Waals surface area (Å²) in [5.41, 5.74) is -0.0975. The summed E-state index contributed by atoms with van der Waals surface area (Å²) in [6.07, 6.45) is -0.763. The maximum absolute atomic E-state index is 14.4. The number of nitriles is 1. The highest BCUT2D eigenvalue weighted by Gasteiger charge is 2.38. The lowest BCUT2D eigenvalue weighted by molar-refractivity contribution is -0.159. The van der Waals surface area contributed by atoms with Crippen molar-refractivity contribution in [2.45, 2.75) is 83.7 Å². The predicted octanol–water partition coefficient (Wildman–Crippen LogP) is 4.99. The number of amides is 3. The molecule has 254 valence electrons. The molecule has 3 rings (SSSR count). The quantitative estimate of drug-likeness (QED) is 0.182. The fraction of sp³-hybridized carbons (Fsp3) is 0.378. The van der Waals surface area contributed by atoms with Crippen LogP contribution in [0.3, 0.4) is 0 Å². The number of carbonyl (C=O) groups is 4. The predicted molar refractivity (Wildman–Crippen MR) is 179 cm³/mol. The third-order valence-electron chi connectivity index (χ3n) is 6.83. The molecule has 3 amide bonds. The van der Waals surface area contributed by atoms with Gasteiger partial charge in [0.15, 0.2) is 0 Å².